The Labute approximate surface area is 276 Å². The van der Waals surface area contributed by atoms with Gasteiger partial charge in [0.25, 0.3) is 0 Å². The van der Waals surface area contributed by atoms with Gasteiger partial charge < -0.3 is 14.0 Å². The minimum atomic E-state index is -0.140. The largest absolute Gasteiger partial charge is 0.501 e. The molecule has 0 saturated carbocycles. The molecule has 0 amide bonds. The molecule has 45 heavy (non-hydrogen) atoms. The molecule has 0 aliphatic heterocycles. The number of benzene rings is 4. The van der Waals surface area contributed by atoms with E-state index >= 15 is 0 Å². The molecule has 4 aromatic heterocycles. The smallest absolute Gasteiger partial charge is 0.120 e. The van der Waals surface area contributed by atoms with E-state index in [1.165, 1.54) is 0 Å². The molecular weight excluding hydrogens is 733 g/mol. The third-order valence-corrected chi connectivity index (χ3v) is 7.50. The minimum Gasteiger partial charge on any atom is -0.501 e. The van der Waals surface area contributed by atoms with Gasteiger partial charge in [0.15, 0.2) is 0 Å². The van der Waals surface area contributed by atoms with Crippen LogP contribution in [-0.2, 0) is 25.5 Å². The summed E-state index contributed by atoms with van der Waals surface area (Å²) >= 11 is 0. The summed E-state index contributed by atoms with van der Waals surface area (Å²) in [5, 5.41) is 2.16. The summed E-state index contributed by atoms with van der Waals surface area (Å²) in [5.41, 5.74) is 8.34. The molecule has 0 spiro atoms. The summed E-state index contributed by atoms with van der Waals surface area (Å²) in [4.78, 5) is 14.1. The van der Waals surface area contributed by atoms with Gasteiger partial charge in [0, 0.05) is 49.0 Å². The van der Waals surface area contributed by atoms with Crippen molar-refractivity contribution in [2.45, 2.75) is 26.2 Å². The van der Waals surface area contributed by atoms with Crippen LogP contribution < -0.4 is 0 Å². The van der Waals surface area contributed by atoms with Gasteiger partial charge in [-0.05, 0) is 36.0 Å². The topological polar surface area (TPSA) is 56.7 Å². The predicted molar refractivity (Wildman–Crippen MR) is 178 cm³/mol. The van der Waals surface area contributed by atoms with Crippen LogP contribution in [0.5, 0.6) is 0 Å². The molecule has 4 heterocycles. The van der Waals surface area contributed by atoms with E-state index in [0.717, 1.165) is 67.0 Å². The maximum Gasteiger partial charge on any atom is 0.120 e. The van der Waals surface area contributed by atoms with Crippen molar-refractivity contribution in [3.8, 4) is 28.3 Å². The zero-order valence-electron chi connectivity index (χ0n) is 25.2. The van der Waals surface area contributed by atoms with Crippen molar-refractivity contribution in [1.82, 2.24) is 19.5 Å². The van der Waals surface area contributed by atoms with Crippen molar-refractivity contribution < 1.29 is 24.5 Å². The number of hydrogen-bond acceptors (Lipinski definition) is 4. The Balaban J connectivity index is 0.000000231. The molecule has 0 N–H and O–H groups in total. The number of aromatic nitrogens is 4. The molecule has 1 radical (unpaired) electrons. The van der Waals surface area contributed by atoms with Gasteiger partial charge in [0.1, 0.15) is 5.58 Å². The van der Waals surface area contributed by atoms with Gasteiger partial charge in [-0.25, -0.2) is 0 Å². The number of pyridine rings is 2. The fraction of sp³-hybridized carbons (Fsp3) is 0.103. The summed E-state index contributed by atoms with van der Waals surface area (Å²) in [6.07, 6.45) is 3.64. The molecular formula is C39H30IrN4O-2. The van der Waals surface area contributed by atoms with Gasteiger partial charge in [-0.1, -0.05) is 80.3 Å². The predicted octanol–water partition coefficient (Wildman–Crippen LogP) is 9.63. The number of hydrogen-bond donors (Lipinski definition) is 0. The summed E-state index contributed by atoms with van der Waals surface area (Å²) in [7, 11) is 0. The number of nitrogens with zero attached hydrogens (tertiary/aromatic N) is 4. The van der Waals surface area contributed by atoms with Gasteiger partial charge in [0.05, 0.1) is 28.1 Å². The second-order valence-corrected chi connectivity index (χ2v) is 11.6. The number of para-hydroxylation sites is 2. The first-order valence-electron chi connectivity index (χ1n) is 14.6. The molecule has 223 valence electrons. The van der Waals surface area contributed by atoms with Crippen LogP contribution in [0.25, 0.3) is 61.3 Å². The van der Waals surface area contributed by atoms with E-state index in [9.17, 15) is 0 Å². The Hall–Kier alpha value is -4.90. The average molecular weight is 763 g/mol. The van der Waals surface area contributed by atoms with Crippen LogP contribution in [0.15, 0.2) is 132 Å². The molecule has 0 aliphatic carbocycles. The molecule has 0 fully saturated rings. The van der Waals surface area contributed by atoms with Crippen LogP contribution in [0, 0.1) is 12.1 Å². The van der Waals surface area contributed by atoms with Crippen molar-refractivity contribution in [2.24, 2.45) is 0 Å². The number of imidazole rings is 1. The maximum atomic E-state index is 6.32. The molecule has 8 rings (SSSR count). The third kappa shape index (κ3) is 5.83. The first-order chi connectivity index (χ1) is 21.5. The van der Waals surface area contributed by atoms with Crippen LogP contribution >= 0.6 is 0 Å². The van der Waals surface area contributed by atoms with E-state index in [-0.39, 0.29) is 25.5 Å². The van der Waals surface area contributed by atoms with Crippen LogP contribution in [0.2, 0.25) is 0 Å². The molecule has 0 saturated heterocycles. The normalized spacial score (nSPS) is 11.3. The Kier molecular flexibility index (Phi) is 8.44. The first-order valence-corrected chi connectivity index (χ1v) is 14.6. The van der Waals surface area contributed by atoms with E-state index in [4.69, 9.17) is 14.4 Å². The monoisotopic (exact) mass is 763 g/mol. The van der Waals surface area contributed by atoms with Crippen molar-refractivity contribution >= 4 is 33.0 Å². The SMILES string of the molecule is CC(C)(C)c1nccc2nc(-c3[c-]ccc4c3oc3ccccc34)n(-c3ccccc3)c12.[Ir].[c-]1ccccc1-c1ccccn1. The Morgan fingerprint density at radius 2 is 1.47 bits per heavy atom. The van der Waals surface area contributed by atoms with E-state index in [2.05, 4.69) is 66.7 Å². The molecule has 0 unspecified atom stereocenters. The quantitative estimate of drug-likeness (QED) is 0.168. The maximum absolute atomic E-state index is 6.32. The van der Waals surface area contributed by atoms with Gasteiger partial charge in [0.2, 0.25) is 0 Å². The van der Waals surface area contributed by atoms with Crippen molar-refractivity contribution in [1.29, 1.82) is 0 Å². The number of rotatable bonds is 3. The molecule has 0 aliphatic rings. The van der Waals surface area contributed by atoms with Crippen LogP contribution in [-0.4, -0.2) is 19.5 Å². The average Bonchev–Trinajstić information content (AvgIpc) is 3.65. The minimum absolute atomic E-state index is 0. The fourth-order valence-electron chi connectivity index (χ4n) is 5.50. The zero-order chi connectivity index (χ0) is 30.1. The Morgan fingerprint density at radius 1 is 0.689 bits per heavy atom. The number of furan rings is 1. The van der Waals surface area contributed by atoms with E-state index < -0.39 is 0 Å². The molecule has 0 bridgehead atoms. The van der Waals surface area contributed by atoms with Crippen LogP contribution in [0.3, 0.4) is 0 Å². The summed E-state index contributed by atoms with van der Waals surface area (Å²) in [5.74, 6) is 0.800. The summed E-state index contributed by atoms with van der Waals surface area (Å²) < 4.78 is 8.52. The van der Waals surface area contributed by atoms with E-state index in [1.807, 2.05) is 97.2 Å². The molecule has 8 aromatic rings. The second kappa shape index (κ2) is 12.6. The fourth-order valence-corrected chi connectivity index (χ4v) is 5.50. The van der Waals surface area contributed by atoms with Crippen molar-refractivity contribution in [3.05, 3.63) is 145 Å². The van der Waals surface area contributed by atoms with Crippen LogP contribution in [0.4, 0.5) is 0 Å². The van der Waals surface area contributed by atoms with Gasteiger partial charge in [-0.3, -0.25) is 9.97 Å². The van der Waals surface area contributed by atoms with Crippen molar-refractivity contribution in [3.63, 3.8) is 0 Å². The molecule has 0 atom stereocenters. The first kappa shape index (κ1) is 30.1. The molecule has 5 nitrogen and oxygen atoms in total. The van der Waals surface area contributed by atoms with E-state index in [1.54, 1.807) is 6.20 Å². The summed E-state index contributed by atoms with van der Waals surface area (Å²) in [6, 6.07) is 44.7. The molecule has 6 heteroatoms. The third-order valence-electron chi connectivity index (χ3n) is 7.50. The van der Waals surface area contributed by atoms with Gasteiger partial charge in [-0.2, -0.15) is 0 Å². The van der Waals surface area contributed by atoms with Crippen molar-refractivity contribution in [2.75, 3.05) is 0 Å². The van der Waals surface area contributed by atoms with E-state index in [0.29, 0.717) is 0 Å². The number of fused-ring (bicyclic) bond motifs is 4. The zero-order valence-corrected chi connectivity index (χ0v) is 27.5. The molecule has 4 aromatic carbocycles. The second-order valence-electron chi connectivity index (χ2n) is 11.6. The summed E-state index contributed by atoms with van der Waals surface area (Å²) in [6.45, 7) is 6.55. The standard InChI is InChI=1S/C28H22N3O.C11H8N.Ir/c1-28(2,3)26-24-22(16-17-29-26)30-27(31(24)18-10-5-4-6-11-18)21-14-9-13-20-19-12-7-8-15-23(19)32-25(20)21;1-2-6-10(7-3-1)11-8-4-5-9-12-11;/h4-13,15-17H,1-3H3;1-6,8-9H;/q2*-1;. The Bertz CT molecular complexity index is 2160. The Morgan fingerprint density at radius 3 is 2.22 bits per heavy atom. The van der Waals surface area contributed by atoms with Gasteiger partial charge >= 0.3 is 0 Å². The van der Waals surface area contributed by atoms with Gasteiger partial charge in [-0.15, -0.1) is 54.1 Å². The van der Waals surface area contributed by atoms with Crippen LogP contribution in [0.1, 0.15) is 26.5 Å².